The second-order valence-corrected chi connectivity index (χ2v) is 11.3. The third kappa shape index (κ3) is 4.23. The number of aryl methyl sites for hydroxylation is 2. The Hall–Kier alpha value is -3.12. The van der Waals surface area contributed by atoms with Gasteiger partial charge in [0, 0.05) is 37.1 Å². The second-order valence-electron chi connectivity index (χ2n) is 7.70. The van der Waals surface area contributed by atoms with Crippen LogP contribution < -0.4 is 4.72 Å². The zero-order valence-corrected chi connectivity index (χ0v) is 20.4. The van der Waals surface area contributed by atoms with E-state index >= 15 is 0 Å². The van der Waals surface area contributed by atoms with Crippen molar-refractivity contribution in [1.82, 2.24) is 29.5 Å². The van der Waals surface area contributed by atoms with Gasteiger partial charge < -0.3 is 4.98 Å². The zero-order valence-electron chi connectivity index (χ0n) is 18.0. The summed E-state index contributed by atoms with van der Waals surface area (Å²) in [5.41, 5.74) is 4.17. The molecule has 4 heterocycles. The van der Waals surface area contributed by atoms with Crippen molar-refractivity contribution in [3.8, 4) is 22.5 Å². The van der Waals surface area contributed by atoms with Gasteiger partial charge in [0.2, 0.25) is 10.0 Å². The highest BCUT2D eigenvalue weighted by Crippen LogP contribution is 2.31. The minimum Gasteiger partial charge on any atom is -0.323 e. The number of aromatic nitrogens is 5. The lowest BCUT2D eigenvalue weighted by Gasteiger charge is -2.08. The molecule has 0 radical (unpaired) electrons. The Kier molecular flexibility index (Phi) is 5.72. The first-order chi connectivity index (χ1) is 16.2. The highest BCUT2D eigenvalue weighted by molar-refractivity contribution is 7.91. The number of halogens is 2. The number of nitrogens with zero attached hydrogens (tertiary/aromatic N) is 4. The molecule has 1 aromatic carbocycles. The van der Waals surface area contributed by atoms with Crippen LogP contribution >= 0.6 is 22.9 Å². The quantitative estimate of drug-likeness (QED) is 0.341. The predicted molar refractivity (Wildman–Crippen MR) is 130 cm³/mol. The van der Waals surface area contributed by atoms with Crippen molar-refractivity contribution in [2.24, 2.45) is 7.05 Å². The van der Waals surface area contributed by atoms with E-state index in [9.17, 15) is 12.8 Å². The summed E-state index contributed by atoms with van der Waals surface area (Å²) in [4.78, 5) is 12.1. The molecule has 0 aliphatic rings. The van der Waals surface area contributed by atoms with Gasteiger partial charge in [-0.05, 0) is 36.2 Å². The molecule has 0 saturated carbocycles. The van der Waals surface area contributed by atoms with E-state index in [0.717, 1.165) is 16.9 Å². The summed E-state index contributed by atoms with van der Waals surface area (Å²) in [6.07, 6.45) is 5.15. The summed E-state index contributed by atoms with van der Waals surface area (Å²) in [5.74, 6) is 0.0760. The van der Waals surface area contributed by atoms with E-state index in [1.165, 1.54) is 12.1 Å². The highest BCUT2D eigenvalue weighted by atomic mass is 35.5. The van der Waals surface area contributed by atoms with Gasteiger partial charge in [-0.15, -0.1) is 11.3 Å². The molecule has 0 bridgehead atoms. The number of sulfonamides is 1. The van der Waals surface area contributed by atoms with Crippen LogP contribution in [0.4, 0.5) is 4.39 Å². The molecule has 174 valence electrons. The smallest absolute Gasteiger partial charge is 0.250 e. The zero-order chi connectivity index (χ0) is 24.0. The molecular weight excluding hydrogens is 499 g/mol. The fraction of sp³-hybridized carbons (Fsp3) is 0.136. The van der Waals surface area contributed by atoms with Gasteiger partial charge in [0.05, 0.1) is 16.1 Å². The minimum absolute atomic E-state index is 0.0918. The van der Waals surface area contributed by atoms with Gasteiger partial charge in [-0.25, -0.2) is 27.5 Å². The number of hydrogen-bond acceptors (Lipinski definition) is 6. The topological polar surface area (TPSA) is 106 Å². The first-order valence-electron chi connectivity index (χ1n) is 10.1. The lowest BCUT2D eigenvalue weighted by Crippen LogP contribution is -2.22. The second kappa shape index (κ2) is 8.58. The van der Waals surface area contributed by atoms with E-state index in [-0.39, 0.29) is 16.3 Å². The Balaban J connectivity index is 1.42. The SMILES string of the molecule is Cc1cc(S(=O)(=O)NCc2ccc(-c3ccnc4[nH]c(-c5cnn(C)c5)nc34)cc2F)sc1Cl. The van der Waals surface area contributed by atoms with Gasteiger partial charge >= 0.3 is 0 Å². The molecule has 5 aromatic rings. The molecule has 5 rings (SSSR count). The average molecular weight is 517 g/mol. The monoisotopic (exact) mass is 516 g/mol. The lowest BCUT2D eigenvalue weighted by molar-refractivity contribution is 0.576. The number of H-pyrrole nitrogens is 1. The highest BCUT2D eigenvalue weighted by Gasteiger charge is 2.19. The van der Waals surface area contributed by atoms with E-state index in [2.05, 4.69) is 24.8 Å². The normalized spacial score (nSPS) is 12.0. The molecule has 34 heavy (non-hydrogen) atoms. The Morgan fingerprint density at radius 1 is 1.24 bits per heavy atom. The number of pyridine rings is 1. The van der Waals surface area contributed by atoms with Crippen LogP contribution in [0.1, 0.15) is 11.1 Å². The van der Waals surface area contributed by atoms with Crippen molar-refractivity contribution in [1.29, 1.82) is 0 Å². The molecule has 0 aliphatic heterocycles. The Bertz CT molecular complexity index is 1620. The van der Waals surface area contributed by atoms with Crippen molar-refractivity contribution in [3.05, 3.63) is 70.2 Å². The van der Waals surface area contributed by atoms with Crippen molar-refractivity contribution < 1.29 is 12.8 Å². The summed E-state index contributed by atoms with van der Waals surface area (Å²) < 4.78 is 44.6. The van der Waals surface area contributed by atoms with E-state index in [1.807, 2.05) is 13.2 Å². The summed E-state index contributed by atoms with van der Waals surface area (Å²) in [5, 5.41) is 4.16. The number of imidazole rings is 1. The first kappa shape index (κ1) is 22.7. The van der Waals surface area contributed by atoms with Crippen molar-refractivity contribution in [3.63, 3.8) is 0 Å². The van der Waals surface area contributed by atoms with Crippen molar-refractivity contribution >= 4 is 44.1 Å². The van der Waals surface area contributed by atoms with E-state index in [4.69, 9.17) is 11.6 Å². The summed E-state index contributed by atoms with van der Waals surface area (Å²) in [6.45, 7) is 1.54. The van der Waals surface area contributed by atoms with Crippen LogP contribution in [0.3, 0.4) is 0 Å². The Morgan fingerprint density at radius 2 is 2.06 bits per heavy atom. The number of fused-ring (bicyclic) bond motifs is 1. The van der Waals surface area contributed by atoms with Crippen molar-refractivity contribution in [2.75, 3.05) is 0 Å². The average Bonchev–Trinajstić information content (AvgIpc) is 3.51. The van der Waals surface area contributed by atoms with Crippen LogP contribution in [0.25, 0.3) is 33.7 Å². The van der Waals surface area contributed by atoms with Gasteiger partial charge in [-0.1, -0.05) is 23.7 Å². The molecule has 0 fully saturated rings. The molecule has 0 saturated heterocycles. The van der Waals surface area contributed by atoms with Crippen LogP contribution in [0.2, 0.25) is 4.34 Å². The summed E-state index contributed by atoms with van der Waals surface area (Å²) >= 11 is 6.95. The van der Waals surface area contributed by atoms with Crippen LogP contribution in [-0.2, 0) is 23.6 Å². The van der Waals surface area contributed by atoms with Crippen LogP contribution in [0, 0.1) is 12.7 Å². The minimum atomic E-state index is -3.80. The van der Waals surface area contributed by atoms with E-state index in [1.54, 1.807) is 42.2 Å². The fourth-order valence-corrected chi connectivity index (χ4v) is 6.25. The third-order valence-electron chi connectivity index (χ3n) is 5.28. The van der Waals surface area contributed by atoms with Crippen LogP contribution in [0.5, 0.6) is 0 Å². The molecule has 12 heteroatoms. The number of aromatic amines is 1. The molecule has 4 aromatic heterocycles. The molecule has 0 aliphatic carbocycles. The maximum Gasteiger partial charge on any atom is 0.250 e. The van der Waals surface area contributed by atoms with Gasteiger partial charge in [0.15, 0.2) is 5.65 Å². The Labute approximate surface area is 203 Å². The summed E-state index contributed by atoms with van der Waals surface area (Å²) in [7, 11) is -1.99. The molecular formula is C22H18ClFN6O2S2. The molecule has 0 spiro atoms. The number of rotatable bonds is 6. The number of nitrogens with one attached hydrogen (secondary N) is 2. The standard InChI is InChI=1S/C22H18ClFN6O2S2/c1-12-7-18(33-20(12)23)34(31,32)27-10-14-4-3-13(8-17(14)24)16-5-6-25-22-19(16)28-21(29-22)15-9-26-30(2)11-15/h3-9,11,27H,10H2,1-2H3,(H,25,28,29). The molecule has 8 nitrogen and oxygen atoms in total. The van der Waals surface area contributed by atoms with E-state index in [0.29, 0.717) is 38.0 Å². The molecule has 0 unspecified atom stereocenters. The largest absolute Gasteiger partial charge is 0.323 e. The predicted octanol–water partition coefficient (Wildman–Crippen LogP) is 4.67. The first-order valence-corrected chi connectivity index (χ1v) is 12.8. The fourth-order valence-electron chi connectivity index (χ4n) is 3.49. The van der Waals surface area contributed by atoms with Crippen LogP contribution in [0.15, 0.2) is 53.1 Å². The summed E-state index contributed by atoms with van der Waals surface area (Å²) in [6, 6.07) is 7.90. The van der Waals surface area contributed by atoms with Crippen LogP contribution in [-0.4, -0.2) is 33.2 Å². The third-order valence-corrected chi connectivity index (χ3v) is 8.71. The van der Waals surface area contributed by atoms with Gasteiger partial charge in [-0.2, -0.15) is 5.10 Å². The molecule has 2 N–H and O–H groups in total. The van der Waals surface area contributed by atoms with Gasteiger partial charge in [0.1, 0.15) is 21.4 Å². The van der Waals surface area contributed by atoms with E-state index < -0.39 is 15.8 Å². The number of thiophene rings is 1. The molecule has 0 atom stereocenters. The maximum absolute atomic E-state index is 14.9. The number of benzene rings is 1. The van der Waals surface area contributed by atoms with Crippen molar-refractivity contribution in [2.45, 2.75) is 17.7 Å². The maximum atomic E-state index is 14.9. The Morgan fingerprint density at radius 3 is 2.74 bits per heavy atom. The van der Waals surface area contributed by atoms with Gasteiger partial charge in [-0.3, -0.25) is 4.68 Å². The number of hydrogen-bond donors (Lipinski definition) is 2. The lowest BCUT2D eigenvalue weighted by atomic mass is 10.0. The molecule has 0 amide bonds. The van der Waals surface area contributed by atoms with Gasteiger partial charge in [0.25, 0.3) is 0 Å².